The van der Waals surface area contributed by atoms with Crippen LogP contribution in [0.1, 0.15) is 68.8 Å². The molecule has 1 atom stereocenters. The highest BCUT2D eigenvalue weighted by Crippen LogP contribution is 2.33. The smallest absolute Gasteiger partial charge is 0.223 e. The van der Waals surface area contributed by atoms with Crippen LogP contribution in [0, 0.1) is 11.8 Å². The molecule has 0 spiro atoms. The highest BCUT2D eigenvalue weighted by molar-refractivity contribution is 5.77. The van der Waals surface area contributed by atoms with E-state index in [4.69, 9.17) is 4.74 Å². The van der Waals surface area contributed by atoms with Gasteiger partial charge in [-0.1, -0.05) is 30.9 Å². The molecule has 3 aliphatic rings. The number of hydrogen-bond donors (Lipinski definition) is 0. The van der Waals surface area contributed by atoms with Crippen LogP contribution in [-0.4, -0.2) is 45.6 Å². The van der Waals surface area contributed by atoms with Crippen LogP contribution in [0.3, 0.4) is 0 Å². The van der Waals surface area contributed by atoms with Crippen molar-refractivity contribution in [3.63, 3.8) is 0 Å². The van der Waals surface area contributed by atoms with Gasteiger partial charge in [0.25, 0.3) is 0 Å². The topological polar surface area (TPSA) is 60.2 Å². The van der Waals surface area contributed by atoms with Gasteiger partial charge < -0.3 is 9.64 Å². The van der Waals surface area contributed by atoms with E-state index in [0.717, 1.165) is 49.2 Å². The molecule has 1 amide bonds. The maximum absolute atomic E-state index is 12.9. The van der Waals surface area contributed by atoms with Crippen molar-refractivity contribution in [2.45, 2.75) is 63.8 Å². The number of fused-ring (bicyclic) bond motifs is 1. The van der Waals surface area contributed by atoms with Crippen molar-refractivity contribution in [3.05, 3.63) is 11.4 Å². The zero-order valence-electron chi connectivity index (χ0n) is 15.3. The van der Waals surface area contributed by atoms with Gasteiger partial charge in [-0.25, -0.2) is 0 Å². The number of aryl methyl sites for hydroxylation is 1. The van der Waals surface area contributed by atoms with Gasteiger partial charge in [-0.15, -0.1) is 5.10 Å². The molecule has 1 aromatic rings. The fraction of sp³-hybridized carbons (Fsp3) is 0.842. The molecule has 0 saturated heterocycles. The molecule has 0 radical (unpaired) electrons. The number of amides is 1. The van der Waals surface area contributed by atoms with Crippen molar-refractivity contribution in [1.82, 2.24) is 19.9 Å². The van der Waals surface area contributed by atoms with Crippen LogP contribution in [0.5, 0.6) is 0 Å². The van der Waals surface area contributed by atoms with Crippen LogP contribution in [0.4, 0.5) is 0 Å². The van der Waals surface area contributed by atoms with E-state index >= 15 is 0 Å². The summed E-state index contributed by atoms with van der Waals surface area (Å²) in [4.78, 5) is 14.9. The summed E-state index contributed by atoms with van der Waals surface area (Å²) in [5, 5.41) is 8.54. The lowest BCUT2D eigenvalue weighted by Gasteiger charge is -2.35. The quantitative estimate of drug-likeness (QED) is 0.761. The molecule has 2 heterocycles. The van der Waals surface area contributed by atoms with Gasteiger partial charge >= 0.3 is 0 Å². The minimum atomic E-state index is -0.0627. The first-order chi connectivity index (χ1) is 12.2. The lowest BCUT2D eigenvalue weighted by atomic mass is 9.99. The number of aromatic nitrogens is 3. The highest BCUT2D eigenvalue weighted by Gasteiger charge is 2.35. The van der Waals surface area contributed by atoms with Gasteiger partial charge in [-0.3, -0.25) is 9.48 Å². The number of carbonyl (C=O) groups excluding carboxylic acids is 1. The maximum atomic E-state index is 12.9. The summed E-state index contributed by atoms with van der Waals surface area (Å²) >= 11 is 0. The van der Waals surface area contributed by atoms with Crippen molar-refractivity contribution in [2.24, 2.45) is 18.9 Å². The average Bonchev–Trinajstić information content (AvgIpc) is 3.14. The van der Waals surface area contributed by atoms with Crippen LogP contribution in [0.15, 0.2) is 0 Å². The molecule has 6 nitrogen and oxygen atoms in total. The molecule has 2 saturated carbocycles. The summed E-state index contributed by atoms with van der Waals surface area (Å²) in [6.07, 6.45) is 10.4. The van der Waals surface area contributed by atoms with Gasteiger partial charge in [0.2, 0.25) is 5.91 Å². The van der Waals surface area contributed by atoms with E-state index in [0.29, 0.717) is 13.0 Å². The van der Waals surface area contributed by atoms with E-state index in [9.17, 15) is 4.79 Å². The first-order valence-corrected chi connectivity index (χ1v) is 9.98. The number of ether oxygens (including phenoxy) is 1. The molecule has 2 aliphatic carbocycles. The highest BCUT2D eigenvalue weighted by atomic mass is 16.5. The number of carbonyl (C=O) groups is 1. The van der Waals surface area contributed by atoms with Crippen LogP contribution >= 0.6 is 0 Å². The molecule has 1 unspecified atom stereocenters. The Bertz CT molecular complexity index is 605. The third-order valence-corrected chi connectivity index (χ3v) is 6.14. The van der Waals surface area contributed by atoms with E-state index < -0.39 is 0 Å². The van der Waals surface area contributed by atoms with Gasteiger partial charge in [0.15, 0.2) is 0 Å². The lowest BCUT2D eigenvalue weighted by molar-refractivity contribution is -0.136. The third-order valence-electron chi connectivity index (χ3n) is 6.14. The molecule has 1 aromatic heterocycles. The van der Waals surface area contributed by atoms with E-state index in [2.05, 4.69) is 10.3 Å². The van der Waals surface area contributed by atoms with Crippen molar-refractivity contribution in [2.75, 3.05) is 19.8 Å². The molecule has 0 aromatic carbocycles. The molecule has 1 aliphatic heterocycles. The SMILES string of the molecule is Cn1nnc2c1CCN(C(=O)CCC1CCCC1)C2COCC1CC1. The predicted octanol–water partition coefficient (Wildman–Crippen LogP) is 2.64. The van der Waals surface area contributed by atoms with Gasteiger partial charge in [-0.05, 0) is 31.1 Å². The Morgan fingerprint density at radius 3 is 2.72 bits per heavy atom. The Morgan fingerprint density at radius 1 is 1.16 bits per heavy atom. The Labute approximate surface area is 149 Å². The monoisotopic (exact) mass is 346 g/mol. The second-order valence-electron chi connectivity index (χ2n) is 8.07. The average molecular weight is 346 g/mol. The van der Waals surface area contributed by atoms with E-state index in [1.165, 1.54) is 38.5 Å². The summed E-state index contributed by atoms with van der Waals surface area (Å²) < 4.78 is 7.80. The van der Waals surface area contributed by atoms with Crippen LogP contribution < -0.4 is 0 Å². The molecule has 6 heteroatoms. The van der Waals surface area contributed by atoms with Gasteiger partial charge in [0, 0.05) is 33.0 Å². The standard InChI is InChI=1S/C19H30N4O2/c1-22-16-10-11-23(18(24)9-8-14-4-2-3-5-14)17(19(16)20-21-22)13-25-12-15-6-7-15/h14-15,17H,2-13H2,1H3. The van der Waals surface area contributed by atoms with Gasteiger partial charge in [0.1, 0.15) is 11.7 Å². The predicted molar refractivity (Wildman–Crippen MR) is 93.9 cm³/mol. The fourth-order valence-electron chi connectivity index (χ4n) is 4.34. The van der Waals surface area contributed by atoms with Crippen molar-refractivity contribution in [1.29, 1.82) is 0 Å². The Morgan fingerprint density at radius 2 is 1.96 bits per heavy atom. The molecule has 0 N–H and O–H groups in total. The van der Waals surface area contributed by atoms with Crippen LogP contribution in [-0.2, 0) is 23.0 Å². The minimum Gasteiger partial charge on any atom is -0.379 e. The van der Waals surface area contributed by atoms with Crippen LogP contribution in [0.2, 0.25) is 0 Å². The summed E-state index contributed by atoms with van der Waals surface area (Å²) in [5.74, 6) is 1.75. The van der Waals surface area contributed by atoms with E-state index in [1.807, 2.05) is 16.6 Å². The molecule has 4 rings (SSSR count). The van der Waals surface area contributed by atoms with Crippen molar-refractivity contribution in [3.8, 4) is 0 Å². The fourth-order valence-corrected chi connectivity index (χ4v) is 4.34. The van der Waals surface area contributed by atoms with E-state index in [1.54, 1.807) is 0 Å². The second-order valence-corrected chi connectivity index (χ2v) is 8.07. The first kappa shape index (κ1) is 17.0. The van der Waals surface area contributed by atoms with Gasteiger partial charge in [0.05, 0.1) is 12.3 Å². The summed E-state index contributed by atoms with van der Waals surface area (Å²) in [5.41, 5.74) is 2.10. The normalized spacial score (nSPS) is 23.9. The summed E-state index contributed by atoms with van der Waals surface area (Å²) in [6.45, 7) is 2.13. The zero-order valence-corrected chi connectivity index (χ0v) is 15.3. The Balaban J connectivity index is 1.41. The molecular weight excluding hydrogens is 316 g/mol. The summed E-state index contributed by atoms with van der Waals surface area (Å²) in [7, 11) is 1.94. The zero-order chi connectivity index (χ0) is 17.2. The minimum absolute atomic E-state index is 0.0627. The number of rotatable bonds is 7. The largest absolute Gasteiger partial charge is 0.379 e. The molecule has 25 heavy (non-hydrogen) atoms. The maximum Gasteiger partial charge on any atom is 0.223 e. The van der Waals surface area contributed by atoms with E-state index in [-0.39, 0.29) is 11.9 Å². The van der Waals surface area contributed by atoms with Gasteiger partial charge in [-0.2, -0.15) is 0 Å². The summed E-state index contributed by atoms with van der Waals surface area (Å²) in [6, 6.07) is -0.0627. The molecule has 2 fully saturated rings. The number of hydrogen-bond acceptors (Lipinski definition) is 4. The lowest BCUT2D eigenvalue weighted by Crippen LogP contribution is -2.42. The number of nitrogens with zero attached hydrogens (tertiary/aromatic N) is 4. The molecule has 0 bridgehead atoms. The molecular formula is C19H30N4O2. The Hall–Kier alpha value is -1.43. The third kappa shape index (κ3) is 3.89. The van der Waals surface area contributed by atoms with Crippen LogP contribution in [0.25, 0.3) is 0 Å². The molecule has 138 valence electrons. The van der Waals surface area contributed by atoms with Crippen molar-refractivity contribution >= 4 is 5.91 Å². The second kappa shape index (κ2) is 7.44. The Kier molecular flexibility index (Phi) is 5.06. The first-order valence-electron chi connectivity index (χ1n) is 9.98. The van der Waals surface area contributed by atoms with Crippen molar-refractivity contribution < 1.29 is 9.53 Å².